The lowest BCUT2D eigenvalue weighted by Crippen LogP contribution is -2.10. The topological polar surface area (TPSA) is 71.6 Å². The first kappa shape index (κ1) is 20.7. The molecular formula is C26H21N5O. The van der Waals surface area contributed by atoms with Gasteiger partial charge in [0.05, 0.1) is 17.7 Å². The Hall–Kier alpha value is -4.58. The number of rotatable bonds is 6. The van der Waals surface area contributed by atoms with Gasteiger partial charge in [-0.1, -0.05) is 36.9 Å². The largest absolute Gasteiger partial charge is 0.323 e. The van der Waals surface area contributed by atoms with E-state index < -0.39 is 0 Å². The molecule has 2 aromatic carbocycles. The van der Waals surface area contributed by atoms with Gasteiger partial charge in [0.25, 0.3) is 0 Å². The van der Waals surface area contributed by atoms with Gasteiger partial charge in [0.2, 0.25) is 5.91 Å². The van der Waals surface area contributed by atoms with Gasteiger partial charge in [-0.2, -0.15) is 0 Å². The summed E-state index contributed by atoms with van der Waals surface area (Å²) in [7, 11) is 0. The molecule has 0 spiro atoms. The van der Waals surface area contributed by atoms with E-state index in [-0.39, 0.29) is 5.91 Å². The number of amides is 1. The fourth-order valence-corrected chi connectivity index (χ4v) is 3.32. The number of benzene rings is 2. The van der Waals surface area contributed by atoms with Gasteiger partial charge in [0, 0.05) is 41.1 Å². The highest BCUT2D eigenvalue weighted by Crippen LogP contribution is 2.29. The first-order chi connectivity index (χ1) is 15.7. The Kier molecular flexibility index (Phi) is 6.13. The molecule has 1 heterocycles. The zero-order valence-corrected chi connectivity index (χ0v) is 17.3. The molecule has 0 bridgehead atoms. The first-order valence-electron chi connectivity index (χ1n) is 9.94. The van der Waals surface area contributed by atoms with Gasteiger partial charge in [-0.25, -0.2) is 9.98 Å². The Morgan fingerprint density at radius 3 is 2.72 bits per heavy atom. The van der Waals surface area contributed by atoms with E-state index in [1.807, 2.05) is 77.5 Å². The van der Waals surface area contributed by atoms with Crippen molar-refractivity contribution in [3.8, 4) is 5.69 Å². The van der Waals surface area contributed by atoms with Crippen LogP contribution in [0.5, 0.6) is 0 Å². The molecule has 0 saturated carbocycles. The monoisotopic (exact) mass is 419 g/mol. The molecule has 0 aliphatic heterocycles. The number of hydrogen-bond donors (Lipinski definition) is 1. The molecule has 6 nitrogen and oxygen atoms in total. The van der Waals surface area contributed by atoms with Crippen LogP contribution in [0.1, 0.15) is 5.56 Å². The van der Waals surface area contributed by atoms with E-state index in [1.165, 1.54) is 6.08 Å². The zero-order chi connectivity index (χ0) is 22.3. The quantitative estimate of drug-likeness (QED) is 0.435. The Morgan fingerprint density at radius 1 is 1.16 bits per heavy atom. The Bertz CT molecular complexity index is 1280. The van der Waals surface area contributed by atoms with Crippen molar-refractivity contribution in [2.75, 3.05) is 5.32 Å². The van der Waals surface area contributed by atoms with E-state index in [2.05, 4.69) is 28.6 Å². The summed E-state index contributed by atoms with van der Waals surface area (Å²) in [5.41, 5.74) is 5.92. The second kappa shape index (κ2) is 9.49. The van der Waals surface area contributed by atoms with E-state index in [4.69, 9.17) is 4.99 Å². The van der Waals surface area contributed by atoms with Crippen LogP contribution in [0, 0.1) is 0 Å². The van der Waals surface area contributed by atoms with Crippen LogP contribution in [0.4, 0.5) is 11.4 Å². The molecule has 1 aromatic heterocycles. The standard InChI is InChI=1S/C26H21N5O/c1-3-25(32)29-22-8-4-6-19(16-22)24-9-5-7-20(17-27-2)26(24)30-21-10-12-23(13-11-21)31-15-14-28-18-31/h3-18H,1-2H2,(H,29,32)/b20-17-,30-26?. The third kappa shape index (κ3) is 4.60. The van der Waals surface area contributed by atoms with Gasteiger partial charge >= 0.3 is 0 Å². The number of carbonyl (C=O) groups is 1. The van der Waals surface area contributed by atoms with Crippen LogP contribution in [0.3, 0.4) is 0 Å². The first-order valence-corrected chi connectivity index (χ1v) is 9.94. The summed E-state index contributed by atoms with van der Waals surface area (Å²) in [4.78, 5) is 24.7. The predicted octanol–water partition coefficient (Wildman–Crippen LogP) is 5.31. The zero-order valence-electron chi connectivity index (χ0n) is 17.3. The maximum atomic E-state index is 11.7. The third-order valence-electron chi connectivity index (χ3n) is 4.82. The molecule has 1 aliphatic rings. The summed E-state index contributed by atoms with van der Waals surface area (Å²) in [6.45, 7) is 7.09. The van der Waals surface area contributed by atoms with Crippen molar-refractivity contribution in [2.45, 2.75) is 0 Å². The van der Waals surface area contributed by atoms with Crippen molar-refractivity contribution in [1.82, 2.24) is 9.55 Å². The maximum absolute atomic E-state index is 11.7. The Morgan fingerprint density at radius 2 is 2.00 bits per heavy atom. The molecule has 1 aliphatic carbocycles. The van der Waals surface area contributed by atoms with Crippen molar-refractivity contribution in [3.63, 3.8) is 0 Å². The highest BCUT2D eigenvalue weighted by Gasteiger charge is 2.17. The number of anilines is 1. The molecule has 0 radical (unpaired) electrons. The van der Waals surface area contributed by atoms with Crippen LogP contribution in [0.15, 0.2) is 120 Å². The fourth-order valence-electron chi connectivity index (χ4n) is 3.32. The average molecular weight is 419 g/mol. The van der Waals surface area contributed by atoms with Crippen molar-refractivity contribution in [2.24, 2.45) is 9.98 Å². The molecular weight excluding hydrogens is 398 g/mol. The number of aromatic nitrogens is 2. The number of carbonyl (C=O) groups excluding carboxylic acids is 1. The highest BCUT2D eigenvalue weighted by molar-refractivity contribution is 6.34. The lowest BCUT2D eigenvalue weighted by atomic mass is 9.91. The van der Waals surface area contributed by atoms with Gasteiger partial charge in [-0.05, 0) is 54.8 Å². The van der Waals surface area contributed by atoms with Gasteiger partial charge in [0.1, 0.15) is 0 Å². The highest BCUT2D eigenvalue weighted by atomic mass is 16.1. The van der Waals surface area contributed by atoms with Gasteiger partial charge < -0.3 is 9.88 Å². The number of nitrogens with zero attached hydrogens (tertiary/aromatic N) is 4. The SMILES string of the molecule is C=CC(=O)Nc1cccc(C2=CC=C/C(=C/N=C)C2=Nc2ccc(-n3ccnc3)cc2)c1. The third-order valence-corrected chi connectivity index (χ3v) is 4.82. The fraction of sp³-hybridized carbons (Fsp3) is 0. The molecule has 0 unspecified atom stereocenters. The molecule has 3 aromatic rings. The Balaban J connectivity index is 1.73. The van der Waals surface area contributed by atoms with Crippen molar-refractivity contribution in [1.29, 1.82) is 0 Å². The molecule has 156 valence electrons. The molecule has 0 saturated heterocycles. The van der Waals surface area contributed by atoms with E-state index >= 15 is 0 Å². The normalized spacial score (nSPS) is 15.4. The van der Waals surface area contributed by atoms with E-state index in [0.29, 0.717) is 5.69 Å². The van der Waals surface area contributed by atoms with Crippen LogP contribution in [-0.2, 0) is 4.79 Å². The Labute approximate surface area is 186 Å². The molecule has 6 heteroatoms. The molecule has 0 atom stereocenters. The minimum absolute atomic E-state index is 0.261. The van der Waals surface area contributed by atoms with Crippen molar-refractivity contribution < 1.29 is 4.79 Å². The lowest BCUT2D eigenvalue weighted by Gasteiger charge is -2.16. The summed E-state index contributed by atoms with van der Waals surface area (Å²) in [6, 6.07) is 15.5. The van der Waals surface area contributed by atoms with E-state index in [9.17, 15) is 4.79 Å². The number of hydrogen-bond acceptors (Lipinski definition) is 4. The second-order valence-electron chi connectivity index (χ2n) is 6.93. The predicted molar refractivity (Wildman–Crippen MR) is 131 cm³/mol. The summed E-state index contributed by atoms with van der Waals surface area (Å²) in [5, 5.41) is 2.80. The minimum Gasteiger partial charge on any atom is -0.323 e. The van der Waals surface area contributed by atoms with Crippen molar-refractivity contribution in [3.05, 3.63) is 115 Å². The summed E-state index contributed by atoms with van der Waals surface area (Å²) < 4.78 is 1.93. The molecule has 0 fully saturated rings. The second-order valence-corrected chi connectivity index (χ2v) is 6.93. The average Bonchev–Trinajstić information content (AvgIpc) is 3.36. The molecule has 4 rings (SSSR count). The van der Waals surface area contributed by atoms with Gasteiger partial charge in [0.15, 0.2) is 0 Å². The molecule has 1 N–H and O–H groups in total. The number of aliphatic imine (C=N–C) groups is 2. The summed E-state index contributed by atoms with van der Waals surface area (Å²) in [5.74, 6) is -0.261. The maximum Gasteiger partial charge on any atom is 0.247 e. The van der Waals surface area contributed by atoms with E-state index in [0.717, 1.165) is 33.8 Å². The van der Waals surface area contributed by atoms with Gasteiger partial charge in [-0.15, -0.1) is 0 Å². The van der Waals surface area contributed by atoms with Crippen molar-refractivity contribution >= 4 is 35.3 Å². The summed E-state index contributed by atoms with van der Waals surface area (Å²) in [6.07, 6.45) is 14.2. The van der Waals surface area contributed by atoms with Crippen LogP contribution in [-0.4, -0.2) is 27.9 Å². The van der Waals surface area contributed by atoms with Crippen LogP contribution < -0.4 is 5.32 Å². The number of allylic oxidation sites excluding steroid dienone is 5. The van der Waals surface area contributed by atoms with Crippen LogP contribution >= 0.6 is 0 Å². The van der Waals surface area contributed by atoms with Gasteiger partial charge in [-0.3, -0.25) is 9.79 Å². The van der Waals surface area contributed by atoms with E-state index in [1.54, 1.807) is 18.7 Å². The van der Waals surface area contributed by atoms with Crippen LogP contribution in [0.25, 0.3) is 11.3 Å². The van der Waals surface area contributed by atoms with Crippen LogP contribution in [0.2, 0.25) is 0 Å². The lowest BCUT2D eigenvalue weighted by molar-refractivity contribution is -0.111. The smallest absolute Gasteiger partial charge is 0.247 e. The summed E-state index contributed by atoms with van der Waals surface area (Å²) >= 11 is 0. The number of imidazole rings is 1. The molecule has 1 amide bonds. The molecule has 32 heavy (non-hydrogen) atoms. The number of nitrogens with one attached hydrogen (secondary N) is 1. The minimum atomic E-state index is -0.261.